The van der Waals surface area contributed by atoms with Gasteiger partial charge < -0.3 is 21.3 Å². The van der Waals surface area contributed by atoms with Crippen LogP contribution in [0.5, 0.6) is 0 Å². The summed E-state index contributed by atoms with van der Waals surface area (Å²) in [6.07, 6.45) is 2.55. The van der Waals surface area contributed by atoms with Gasteiger partial charge in [-0.1, -0.05) is 30.3 Å². The van der Waals surface area contributed by atoms with Crippen molar-refractivity contribution in [3.05, 3.63) is 65.7 Å². The minimum Gasteiger partial charge on any atom is -0.356 e. The van der Waals surface area contributed by atoms with E-state index in [4.69, 9.17) is 0 Å². The molecule has 2 heterocycles. The number of halogens is 1. The van der Waals surface area contributed by atoms with Gasteiger partial charge in [-0.3, -0.25) is 29.0 Å². The Bertz CT molecular complexity index is 1200. The van der Waals surface area contributed by atoms with Gasteiger partial charge in [-0.25, -0.2) is 4.39 Å². The summed E-state index contributed by atoms with van der Waals surface area (Å²) < 4.78 is 13.6. The predicted octanol–water partition coefficient (Wildman–Crippen LogP) is 1.06. The number of aromatic nitrogens is 1. The smallest absolute Gasteiger partial charge is 0.290 e. The molecule has 38 heavy (non-hydrogen) atoms. The molecule has 0 saturated carbocycles. The number of benzene rings is 1. The maximum Gasteiger partial charge on any atom is 0.290 e. The first kappa shape index (κ1) is 28.4. The van der Waals surface area contributed by atoms with Crippen molar-refractivity contribution >= 4 is 29.4 Å². The first-order valence-corrected chi connectivity index (χ1v) is 12.3. The highest BCUT2D eigenvalue weighted by Gasteiger charge is 2.36. The van der Waals surface area contributed by atoms with Crippen LogP contribution in [0, 0.1) is 11.7 Å². The molecule has 1 aromatic carbocycles. The largest absolute Gasteiger partial charge is 0.356 e. The quantitative estimate of drug-likeness (QED) is 0.341. The molecule has 3 atom stereocenters. The third-order valence-corrected chi connectivity index (χ3v) is 5.90. The lowest BCUT2D eigenvalue weighted by molar-refractivity contribution is -0.141. The molecule has 0 radical (unpaired) electrons. The number of nitrogens with one attached hydrogen (secondary N) is 4. The van der Waals surface area contributed by atoms with E-state index in [0.717, 1.165) is 18.5 Å². The predicted molar refractivity (Wildman–Crippen MR) is 136 cm³/mol. The minimum atomic E-state index is -1.30. The molecular formula is C27H32FN5O5. The van der Waals surface area contributed by atoms with Gasteiger partial charge in [-0.05, 0) is 45.2 Å². The standard InChI is InChI=1S/C27H32FN5O5/c1-27(2,3)33-26(38)22(34)20(13-17-9-10-30-23(17)35)31-25(37)21(11-16-7-5-4-6-8-16)32-24(36)18-12-19(28)15-29-14-18/h4-8,12,14-15,17,20-21H,9-11,13H2,1-3H3,(H,30,35)(H,31,37)(H,32,36)(H,33,38)/t17-,20-,21-/m0/s1. The third kappa shape index (κ3) is 8.19. The van der Waals surface area contributed by atoms with Gasteiger partial charge in [-0.2, -0.15) is 0 Å². The number of carbonyl (C=O) groups excluding carboxylic acids is 5. The van der Waals surface area contributed by atoms with Crippen molar-refractivity contribution in [3.63, 3.8) is 0 Å². The van der Waals surface area contributed by atoms with E-state index in [-0.39, 0.29) is 24.3 Å². The number of Topliss-reactive ketones (excluding diaryl/α,β-unsaturated/α-hetero) is 1. The van der Waals surface area contributed by atoms with Crippen LogP contribution < -0.4 is 21.3 Å². The molecule has 0 spiro atoms. The Kier molecular flexibility index (Phi) is 9.27. The number of hydrogen-bond donors (Lipinski definition) is 4. The molecule has 0 bridgehead atoms. The van der Waals surface area contributed by atoms with E-state index < -0.39 is 52.9 Å². The van der Waals surface area contributed by atoms with Gasteiger partial charge in [0.05, 0.1) is 17.8 Å². The zero-order valence-corrected chi connectivity index (χ0v) is 21.5. The number of amides is 4. The Balaban J connectivity index is 1.84. The van der Waals surface area contributed by atoms with Crippen LogP contribution in [0.2, 0.25) is 0 Å². The molecular weight excluding hydrogens is 493 g/mol. The van der Waals surface area contributed by atoms with Gasteiger partial charge in [0.15, 0.2) is 0 Å². The number of hydrogen-bond acceptors (Lipinski definition) is 6. The second-order valence-corrected chi connectivity index (χ2v) is 10.2. The van der Waals surface area contributed by atoms with E-state index in [9.17, 15) is 28.4 Å². The fourth-order valence-electron chi connectivity index (χ4n) is 4.06. The Labute approximate surface area is 220 Å². The fourth-order valence-corrected chi connectivity index (χ4v) is 4.06. The molecule has 2 aromatic rings. The van der Waals surface area contributed by atoms with Gasteiger partial charge >= 0.3 is 0 Å². The Morgan fingerprint density at radius 2 is 1.79 bits per heavy atom. The normalized spacial score (nSPS) is 16.6. The fraction of sp³-hybridized carbons (Fsp3) is 0.407. The molecule has 0 unspecified atom stereocenters. The summed E-state index contributed by atoms with van der Waals surface area (Å²) in [5, 5.41) is 10.4. The van der Waals surface area contributed by atoms with E-state index in [1.54, 1.807) is 51.1 Å². The monoisotopic (exact) mass is 525 g/mol. The highest BCUT2D eigenvalue weighted by Crippen LogP contribution is 2.18. The SMILES string of the molecule is CC(C)(C)NC(=O)C(=O)[C@H](C[C@@H]1CCNC1=O)NC(=O)[C@H](Cc1ccccc1)NC(=O)c1cncc(F)c1. The van der Waals surface area contributed by atoms with Crippen LogP contribution in [0.15, 0.2) is 48.8 Å². The molecule has 3 rings (SSSR count). The van der Waals surface area contributed by atoms with E-state index >= 15 is 0 Å². The van der Waals surface area contributed by atoms with E-state index in [2.05, 4.69) is 26.3 Å². The lowest BCUT2D eigenvalue weighted by Gasteiger charge is -2.26. The molecule has 11 heteroatoms. The van der Waals surface area contributed by atoms with Gasteiger partial charge in [0.25, 0.3) is 11.8 Å². The van der Waals surface area contributed by atoms with E-state index in [1.165, 1.54) is 0 Å². The number of rotatable bonds is 10. The molecule has 1 aliphatic rings. The average Bonchev–Trinajstić information content (AvgIpc) is 3.26. The van der Waals surface area contributed by atoms with Crippen LogP contribution >= 0.6 is 0 Å². The van der Waals surface area contributed by atoms with Gasteiger partial charge in [-0.15, -0.1) is 0 Å². The van der Waals surface area contributed by atoms with Crippen LogP contribution in [0.4, 0.5) is 4.39 Å². The third-order valence-electron chi connectivity index (χ3n) is 5.90. The van der Waals surface area contributed by atoms with Crippen LogP contribution in [0.1, 0.15) is 49.5 Å². The van der Waals surface area contributed by atoms with Crippen LogP contribution in [-0.2, 0) is 25.6 Å². The van der Waals surface area contributed by atoms with Crippen LogP contribution in [0.3, 0.4) is 0 Å². The second kappa shape index (κ2) is 12.4. The van der Waals surface area contributed by atoms with Gasteiger partial charge in [0.2, 0.25) is 17.6 Å². The zero-order chi connectivity index (χ0) is 27.9. The summed E-state index contributed by atoms with van der Waals surface area (Å²) in [6.45, 7) is 5.57. The summed E-state index contributed by atoms with van der Waals surface area (Å²) in [5.41, 5.74) is -0.0704. The van der Waals surface area contributed by atoms with E-state index in [1.807, 2.05) is 0 Å². The van der Waals surface area contributed by atoms with Crippen molar-refractivity contribution in [1.29, 1.82) is 0 Å². The Morgan fingerprint density at radius 3 is 2.39 bits per heavy atom. The molecule has 1 aliphatic heterocycles. The molecule has 0 aliphatic carbocycles. The van der Waals surface area contributed by atoms with Crippen molar-refractivity contribution in [1.82, 2.24) is 26.3 Å². The summed E-state index contributed by atoms with van der Waals surface area (Å²) >= 11 is 0. The first-order chi connectivity index (χ1) is 17.9. The molecule has 4 N–H and O–H groups in total. The van der Waals surface area contributed by atoms with Crippen molar-refractivity contribution < 1.29 is 28.4 Å². The Morgan fingerprint density at radius 1 is 1.08 bits per heavy atom. The van der Waals surface area contributed by atoms with Crippen LogP contribution in [0.25, 0.3) is 0 Å². The summed E-state index contributed by atoms with van der Waals surface area (Å²) in [5.74, 6) is -4.80. The highest BCUT2D eigenvalue weighted by atomic mass is 19.1. The maximum atomic E-state index is 13.6. The van der Waals surface area contributed by atoms with Gasteiger partial charge in [0, 0.05) is 30.6 Å². The summed E-state index contributed by atoms with van der Waals surface area (Å²) in [4.78, 5) is 67.9. The maximum absolute atomic E-state index is 13.6. The van der Waals surface area contributed by atoms with Crippen molar-refractivity contribution in [2.45, 2.75) is 57.7 Å². The number of nitrogens with zero attached hydrogens (tertiary/aromatic N) is 1. The lowest BCUT2D eigenvalue weighted by atomic mass is 9.94. The highest BCUT2D eigenvalue weighted by molar-refractivity contribution is 6.38. The summed E-state index contributed by atoms with van der Waals surface area (Å²) in [6, 6.07) is 7.37. The van der Waals surface area contributed by atoms with Crippen molar-refractivity contribution in [2.75, 3.05) is 6.54 Å². The number of pyridine rings is 1. The molecule has 1 aromatic heterocycles. The molecule has 10 nitrogen and oxygen atoms in total. The van der Waals surface area contributed by atoms with E-state index in [0.29, 0.717) is 18.5 Å². The number of ketones is 1. The molecule has 1 fully saturated rings. The van der Waals surface area contributed by atoms with Crippen molar-refractivity contribution in [2.24, 2.45) is 5.92 Å². The first-order valence-electron chi connectivity index (χ1n) is 12.3. The van der Waals surface area contributed by atoms with Crippen molar-refractivity contribution in [3.8, 4) is 0 Å². The molecule has 202 valence electrons. The van der Waals surface area contributed by atoms with Gasteiger partial charge in [0.1, 0.15) is 11.9 Å². The Hall–Kier alpha value is -4.15. The number of carbonyl (C=O) groups is 5. The van der Waals surface area contributed by atoms with Crippen LogP contribution in [-0.4, -0.2) is 58.6 Å². The zero-order valence-electron chi connectivity index (χ0n) is 21.5. The molecule has 4 amide bonds. The summed E-state index contributed by atoms with van der Waals surface area (Å²) in [7, 11) is 0. The molecule has 1 saturated heterocycles. The second-order valence-electron chi connectivity index (χ2n) is 10.2. The minimum absolute atomic E-state index is 0.0557. The topological polar surface area (TPSA) is 146 Å². The average molecular weight is 526 g/mol. The lowest BCUT2D eigenvalue weighted by Crippen LogP contribution is -2.56.